The van der Waals surface area contributed by atoms with Gasteiger partial charge in [0.2, 0.25) is 0 Å². The van der Waals surface area contributed by atoms with E-state index in [4.69, 9.17) is 0 Å². The van der Waals surface area contributed by atoms with Crippen LogP contribution in [0, 0.1) is 0 Å². The minimum atomic E-state index is -1.28. The first-order chi connectivity index (χ1) is 5.83. The first kappa shape index (κ1) is 9.38. The monoisotopic (exact) mass is 185 g/mol. The minimum absolute atomic E-state index is 0.418. The summed E-state index contributed by atoms with van der Waals surface area (Å²) in [7, 11) is 1.59. The molecule has 1 aromatic carbocycles. The van der Waals surface area contributed by atoms with Crippen LogP contribution in [0.25, 0.3) is 0 Å². The van der Waals surface area contributed by atoms with Crippen LogP contribution in [0.1, 0.15) is 5.56 Å². The molecule has 0 saturated carbocycles. The van der Waals surface area contributed by atoms with E-state index in [0.29, 0.717) is 5.75 Å². The van der Waals surface area contributed by atoms with Crippen molar-refractivity contribution in [1.29, 1.82) is 0 Å². The molecule has 0 heterocycles. The van der Waals surface area contributed by atoms with Crippen molar-refractivity contribution < 1.29 is 8.49 Å². The van der Waals surface area contributed by atoms with Crippen LogP contribution in [0.4, 0.5) is 0 Å². The summed E-state index contributed by atoms with van der Waals surface area (Å²) in [6.07, 6.45) is 0. The predicted molar refractivity (Wildman–Crippen MR) is 48.4 cm³/mol. The third-order valence-corrected chi connectivity index (χ3v) is 2.23. The zero-order valence-electron chi connectivity index (χ0n) is 6.82. The number of hydrogen-bond acceptors (Lipinski definition) is 3. The molecule has 1 unspecified atom stereocenters. The maximum Gasteiger partial charge on any atom is 0.177 e. The van der Waals surface area contributed by atoms with Crippen molar-refractivity contribution in [2.24, 2.45) is 0 Å². The van der Waals surface area contributed by atoms with Gasteiger partial charge in [0.15, 0.2) is 11.1 Å². The Balaban J connectivity index is 2.47. The van der Waals surface area contributed by atoms with E-state index in [-0.39, 0.29) is 0 Å². The van der Waals surface area contributed by atoms with Crippen molar-refractivity contribution >= 4 is 11.1 Å². The van der Waals surface area contributed by atoms with Gasteiger partial charge < -0.3 is 0 Å². The molecule has 1 rings (SSSR count). The van der Waals surface area contributed by atoms with Crippen LogP contribution < -0.4 is 5.48 Å². The average molecular weight is 185 g/mol. The summed E-state index contributed by atoms with van der Waals surface area (Å²) in [6, 6.07) is 9.57. The Morgan fingerprint density at radius 3 is 2.67 bits per heavy atom. The SMILES string of the molecule is CNOS(=O)Cc1ccccc1. The van der Waals surface area contributed by atoms with Gasteiger partial charge in [0.1, 0.15) is 0 Å². The molecule has 0 amide bonds. The van der Waals surface area contributed by atoms with Crippen LogP contribution >= 0.6 is 0 Å². The van der Waals surface area contributed by atoms with E-state index in [2.05, 4.69) is 9.76 Å². The second kappa shape index (κ2) is 5.03. The van der Waals surface area contributed by atoms with Gasteiger partial charge in [-0.05, 0) is 5.56 Å². The third kappa shape index (κ3) is 3.13. The fraction of sp³-hybridized carbons (Fsp3) is 0.250. The molecule has 0 aliphatic rings. The van der Waals surface area contributed by atoms with Crippen molar-refractivity contribution in [3.8, 4) is 0 Å². The average Bonchev–Trinajstić information content (AvgIpc) is 2.06. The lowest BCUT2D eigenvalue weighted by atomic mass is 10.2. The summed E-state index contributed by atoms with van der Waals surface area (Å²) in [5.74, 6) is 0.418. The molecule has 0 aliphatic heterocycles. The molecule has 1 aromatic rings. The van der Waals surface area contributed by atoms with Gasteiger partial charge in [-0.25, -0.2) is 8.49 Å². The van der Waals surface area contributed by atoms with Gasteiger partial charge in [-0.2, -0.15) is 5.48 Å². The Morgan fingerprint density at radius 1 is 1.42 bits per heavy atom. The molecule has 0 aliphatic carbocycles. The van der Waals surface area contributed by atoms with Crippen molar-refractivity contribution in [2.75, 3.05) is 7.05 Å². The zero-order chi connectivity index (χ0) is 8.81. The second-order valence-corrected chi connectivity index (χ2v) is 3.28. The summed E-state index contributed by atoms with van der Waals surface area (Å²) in [6.45, 7) is 0. The number of hydroxylamine groups is 1. The van der Waals surface area contributed by atoms with Gasteiger partial charge in [0.25, 0.3) is 0 Å². The largest absolute Gasteiger partial charge is 0.228 e. The van der Waals surface area contributed by atoms with E-state index in [1.807, 2.05) is 30.3 Å². The summed E-state index contributed by atoms with van der Waals surface area (Å²) >= 11 is -1.28. The molecular formula is C8H11NO2S. The smallest absolute Gasteiger partial charge is 0.177 e. The number of nitrogens with one attached hydrogen (secondary N) is 1. The summed E-state index contributed by atoms with van der Waals surface area (Å²) in [5.41, 5.74) is 3.39. The van der Waals surface area contributed by atoms with Gasteiger partial charge in [-0.3, -0.25) is 0 Å². The van der Waals surface area contributed by atoms with Gasteiger partial charge in [-0.1, -0.05) is 30.3 Å². The molecule has 0 saturated heterocycles. The molecule has 0 bridgehead atoms. The zero-order valence-corrected chi connectivity index (χ0v) is 7.64. The summed E-state index contributed by atoms with van der Waals surface area (Å²) < 4.78 is 15.7. The van der Waals surface area contributed by atoms with Crippen LogP contribution in [-0.4, -0.2) is 11.3 Å². The molecule has 4 heteroatoms. The van der Waals surface area contributed by atoms with Crippen LogP contribution in [0.3, 0.4) is 0 Å². The first-order valence-corrected chi connectivity index (χ1v) is 4.83. The van der Waals surface area contributed by atoms with E-state index in [1.54, 1.807) is 7.05 Å². The maximum atomic E-state index is 11.0. The fourth-order valence-electron chi connectivity index (χ4n) is 0.833. The molecule has 1 atom stereocenters. The van der Waals surface area contributed by atoms with E-state index in [0.717, 1.165) is 5.56 Å². The number of benzene rings is 1. The Bertz CT molecular complexity index is 250. The number of rotatable bonds is 4. The molecule has 0 fully saturated rings. The Morgan fingerprint density at radius 2 is 2.08 bits per heavy atom. The molecular weight excluding hydrogens is 174 g/mol. The lowest BCUT2D eigenvalue weighted by Crippen LogP contribution is -2.11. The van der Waals surface area contributed by atoms with Gasteiger partial charge in [0, 0.05) is 7.05 Å². The summed E-state index contributed by atoms with van der Waals surface area (Å²) in [4.78, 5) is 0. The Hall–Kier alpha value is -0.710. The minimum Gasteiger partial charge on any atom is -0.228 e. The van der Waals surface area contributed by atoms with Crippen LogP contribution in [0.2, 0.25) is 0 Å². The Labute approximate surface area is 74.4 Å². The molecule has 66 valence electrons. The first-order valence-electron chi connectivity index (χ1n) is 3.59. The highest BCUT2D eigenvalue weighted by atomic mass is 32.2. The van der Waals surface area contributed by atoms with Crippen LogP contribution in [0.15, 0.2) is 30.3 Å². The summed E-state index contributed by atoms with van der Waals surface area (Å²) in [5, 5.41) is 0. The highest BCUT2D eigenvalue weighted by molar-refractivity contribution is 7.79. The predicted octanol–water partition coefficient (Wildman–Crippen LogP) is 1.00. The van der Waals surface area contributed by atoms with E-state index >= 15 is 0 Å². The molecule has 1 N–H and O–H groups in total. The van der Waals surface area contributed by atoms with Crippen molar-refractivity contribution in [1.82, 2.24) is 5.48 Å². The van der Waals surface area contributed by atoms with Gasteiger partial charge in [0.05, 0.1) is 5.75 Å². The normalized spacial score (nSPS) is 12.8. The molecule has 0 aromatic heterocycles. The Kier molecular flexibility index (Phi) is 3.93. The van der Waals surface area contributed by atoms with Crippen molar-refractivity contribution in [3.05, 3.63) is 35.9 Å². The topological polar surface area (TPSA) is 38.3 Å². The maximum absolute atomic E-state index is 11.0. The van der Waals surface area contributed by atoms with Crippen molar-refractivity contribution in [3.63, 3.8) is 0 Å². The van der Waals surface area contributed by atoms with Crippen molar-refractivity contribution in [2.45, 2.75) is 5.75 Å². The van der Waals surface area contributed by atoms with Gasteiger partial charge >= 0.3 is 0 Å². The highest BCUT2D eigenvalue weighted by Crippen LogP contribution is 2.02. The van der Waals surface area contributed by atoms with Crippen LogP contribution in [-0.2, 0) is 21.1 Å². The molecule has 0 radical (unpaired) electrons. The highest BCUT2D eigenvalue weighted by Gasteiger charge is 1.99. The van der Waals surface area contributed by atoms with Crippen LogP contribution in [0.5, 0.6) is 0 Å². The van der Waals surface area contributed by atoms with Gasteiger partial charge in [-0.15, -0.1) is 0 Å². The van der Waals surface area contributed by atoms with E-state index in [9.17, 15) is 4.21 Å². The molecule has 0 spiro atoms. The van der Waals surface area contributed by atoms with E-state index in [1.165, 1.54) is 0 Å². The standard InChI is InChI=1S/C8H11NO2S/c1-9-11-12(10)7-8-5-3-2-4-6-8/h2-6,9H,7H2,1H3. The molecule has 3 nitrogen and oxygen atoms in total. The number of hydrogen-bond donors (Lipinski definition) is 1. The fourth-order valence-corrected chi connectivity index (χ4v) is 1.54. The lowest BCUT2D eigenvalue weighted by molar-refractivity contribution is 0.251. The van der Waals surface area contributed by atoms with E-state index < -0.39 is 11.1 Å². The second-order valence-electron chi connectivity index (χ2n) is 2.22. The lowest BCUT2D eigenvalue weighted by Gasteiger charge is -2.00. The quantitative estimate of drug-likeness (QED) is 0.711. The molecule has 12 heavy (non-hydrogen) atoms. The third-order valence-electron chi connectivity index (χ3n) is 1.30.